The van der Waals surface area contributed by atoms with Crippen molar-refractivity contribution < 1.29 is 9.53 Å². The van der Waals surface area contributed by atoms with Crippen LogP contribution in [0.2, 0.25) is 0 Å². The van der Waals surface area contributed by atoms with Crippen molar-refractivity contribution in [3.8, 4) is 5.75 Å². The number of rotatable bonds is 8. The number of thioether (sulfide) groups is 1. The quantitative estimate of drug-likeness (QED) is 0.543. The summed E-state index contributed by atoms with van der Waals surface area (Å²) < 4.78 is 6.36. The Kier molecular flexibility index (Phi) is 6.89. The number of likely N-dealkylation sites (N-methyl/N-ethyl adjacent to an activating group) is 1. The molecule has 0 aliphatic rings. The lowest BCUT2D eigenvalue weighted by Gasteiger charge is -2.19. The van der Waals surface area contributed by atoms with Gasteiger partial charge < -0.3 is 15.0 Å². The third-order valence-corrected chi connectivity index (χ3v) is 5.99. The molecule has 1 atom stereocenters. The van der Waals surface area contributed by atoms with Crippen molar-refractivity contribution in [2.24, 2.45) is 0 Å². The number of anilines is 2. The maximum atomic E-state index is 12.7. The van der Waals surface area contributed by atoms with Gasteiger partial charge in [-0.1, -0.05) is 65.6 Å². The largest absolute Gasteiger partial charge is 0.492 e. The molecule has 0 spiro atoms. The molecular formula is C20H22N4O2S2. The summed E-state index contributed by atoms with van der Waals surface area (Å²) in [5.41, 5.74) is 1.78. The van der Waals surface area contributed by atoms with Crippen molar-refractivity contribution in [1.82, 2.24) is 15.1 Å². The van der Waals surface area contributed by atoms with Gasteiger partial charge >= 0.3 is 0 Å². The molecule has 0 radical (unpaired) electrons. The molecule has 1 amide bonds. The Bertz CT molecular complexity index is 915. The number of benzene rings is 2. The highest BCUT2D eigenvalue weighted by molar-refractivity contribution is 8.01. The van der Waals surface area contributed by atoms with E-state index in [4.69, 9.17) is 4.74 Å². The lowest BCUT2D eigenvalue weighted by molar-refractivity contribution is -0.128. The van der Waals surface area contributed by atoms with Crippen molar-refractivity contribution in [3.63, 3.8) is 0 Å². The Balaban J connectivity index is 1.78. The molecule has 0 aliphatic carbocycles. The van der Waals surface area contributed by atoms with E-state index in [0.29, 0.717) is 11.7 Å². The van der Waals surface area contributed by atoms with Gasteiger partial charge in [0.05, 0.1) is 12.3 Å². The summed E-state index contributed by atoms with van der Waals surface area (Å²) >= 11 is 2.82. The third kappa shape index (κ3) is 5.02. The number of nitrogens with one attached hydrogen (secondary N) is 1. The van der Waals surface area contributed by atoms with Crippen molar-refractivity contribution in [2.75, 3.05) is 26.0 Å². The fourth-order valence-electron chi connectivity index (χ4n) is 2.50. The fourth-order valence-corrected chi connectivity index (χ4v) is 4.60. The van der Waals surface area contributed by atoms with Crippen LogP contribution in [0.15, 0.2) is 58.9 Å². The minimum absolute atomic E-state index is 0.0163. The number of carbonyl (C=O) groups excluding carboxylic acids is 1. The molecule has 0 saturated heterocycles. The van der Waals surface area contributed by atoms with Gasteiger partial charge in [0.15, 0.2) is 4.34 Å². The molecule has 28 heavy (non-hydrogen) atoms. The Morgan fingerprint density at radius 2 is 1.86 bits per heavy atom. The van der Waals surface area contributed by atoms with Gasteiger partial charge in [0.2, 0.25) is 11.0 Å². The highest BCUT2D eigenvalue weighted by atomic mass is 32.2. The van der Waals surface area contributed by atoms with Crippen molar-refractivity contribution in [1.29, 1.82) is 0 Å². The van der Waals surface area contributed by atoms with Crippen LogP contribution in [0.1, 0.15) is 17.7 Å². The van der Waals surface area contributed by atoms with E-state index in [1.54, 1.807) is 19.0 Å². The van der Waals surface area contributed by atoms with Crippen LogP contribution in [0.3, 0.4) is 0 Å². The number of amides is 1. The monoisotopic (exact) mass is 414 g/mol. The van der Waals surface area contributed by atoms with Crippen LogP contribution < -0.4 is 10.1 Å². The van der Waals surface area contributed by atoms with E-state index in [1.165, 1.54) is 23.1 Å². The van der Waals surface area contributed by atoms with E-state index in [-0.39, 0.29) is 11.2 Å². The third-order valence-electron chi connectivity index (χ3n) is 3.82. The summed E-state index contributed by atoms with van der Waals surface area (Å²) in [7, 11) is 3.52. The van der Waals surface area contributed by atoms with Gasteiger partial charge in [-0.3, -0.25) is 4.79 Å². The molecule has 0 aliphatic heterocycles. The zero-order valence-electron chi connectivity index (χ0n) is 16.0. The number of aromatic nitrogens is 2. The summed E-state index contributed by atoms with van der Waals surface area (Å²) in [5, 5.41) is 12.0. The van der Waals surface area contributed by atoms with E-state index >= 15 is 0 Å². The van der Waals surface area contributed by atoms with Gasteiger partial charge in [-0.2, -0.15) is 0 Å². The highest BCUT2D eigenvalue weighted by Crippen LogP contribution is 2.39. The molecule has 3 rings (SSSR count). The number of ether oxygens (including phenoxy) is 1. The molecule has 0 fully saturated rings. The number of para-hydroxylation sites is 2. The molecular weight excluding hydrogens is 392 g/mol. The average molecular weight is 415 g/mol. The van der Waals surface area contributed by atoms with Crippen LogP contribution in [-0.2, 0) is 4.79 Å². The van der Waals surface area contributed by atoms with E-state index in [0.717, 1.165) is 21.3 Å². The summed E-state index contributed by atoms with van der Waals surface area (Å²) in [6, 6.07) is 17.4. The van der Waals surface area contributed by atoms with Crippen LogP contribution in [-0.4, -0.2) is 41.7 Å². The van der Waals surface area contributed by atoms with Crippen LogP contribution >= 0.6 is 23.1 Å². The van der Waals surface area contributed by atoms with Crippen LogP contribution in [0, 0.1) is 0 Å². The second-order valence-corrected chi connectivity index (χ2v) is 8.40. The standard InChI is InChI=1S/C20H22N4O2S2/c1-4-26-16-13-9-8-12-15(16)21-19-22-23-20(28-19)27-17(18(25)24(2)3)14-10-6-5-7-11-14/h5-13,17H,4H2,1-3H3,(H,21,22)/t17-/m0/s1. The Morgan fingerprint density at radius 3 is 2.57 bits per heavy atom. The first kappa shape index (κ1) is 20.2. The van der Waals surface area contributed by atoms with Gasteiger partial charge in [0.25, 0.3) is 0 Å². The first-order valence-electron chi connectivity index (χ1n) is 8.83. The van der Waals surface area contributed by atoms with Crippen LogP contribution in [0.25, 0.3) is 0 Å². The second-order valence-electron chi connectivity index (χ2n) is 6.07. The smallest absolute Gasteiger partial charge is 0.240 e. The molecule has 0 saturated carbocycles. The summed E-state index contributed by atoms with van der Waals surface area (Å²) in [6.07, 6.45) is 0. The van der Waals surface area contributed by atoms with Crippen LogP contribution in [0.5, 0.6) is 5.75 Å². The normalized spacial score (nSPS) is 11.7. The lowest BCUT2D eigenvalue weighted by atomic mass is 10.1. The molecule has 1 N–H and O–H groups in total. The Morgan fingerprint density at radius 1 is 1.14 bits per heavy atom. The van der Waals surface area contributed by atoms with Gasteiger partial charge in [-0.15, -0.1) is 10.2 Å². The SMILES string of the molecule is CCOc1ccccc1Nc1nnc(S[C@H](C(=O)N(C)C)c2ccccc2)s1. The topological polar surface area (TPSA) is 67.3 Å². The predicted octanol–water partition coefficient (Wildman–Crippen LogP) is 4.60. The number of hydrogen-bond donors (Lipinski definition) is 1. The molecule has 1 heterocycles. The first-order valence-corrected chi connectivity index (χ1v) is 10.5. The maximum Gasteiger partial charge on any atom is 0.240 e. The van der Waals surface area contributed by atoms with Gasteiger partial charge in [-0.25, -0.2) is 0 Å². The summed E-state index contributed by atoms with van der Waals surface area (Å²) in [5.74, 6) is 0.780. The zero-order valence-corrected chi connectivity index (χ0v) is 17.6. The van der Waals surface area contributed by atoms with Gasteiger partial charge in [-0.05, 0) is 24.6 Å². The molecule has 6 nitrogen and oxygen atoms in total. The second kappa shape index (κ2) is 9.57. The number of nitrogens with zero attached hydrogens (tertiary/aromatic N) is 3. The van der Waals surface area contributed by atoms with E-state index in [9.17, 15) is 4.79 Å². The molecule has 2 aromatic carbocycles. The van der Waals surface area contributed by atoms with Crippen molar-refractivity contribution >= 4 is 39.8 Å². The lowest BCUT2D eigenvalue weighted by Crippen LogP contribution is -2.26. The maximum absolute atomic E-state index is 12.7. The highest BCUT2D eigenvalue weighted by Gasteiger charge is 2.25. The minimum atomic E-state index is -0.368. The van der Waals surface area contributed by atoms with E-state index in [1.807, 2.05) is 61.5 Å². The Hall–Kier alpha value is -2.58. The number of carbonyl (C=O) groups is 1. The van der Waals surface area contributed by atoms with E-state index < -0.39 is 0 Å². The Labute approximate surface area is 172 Å². The average Bonchev–Trinajstić information content (AvgIpc) is 3.15. The zero-order chi connectivity index (χ0) is 19.9. The molecule has 0 bridgehead atoms. The van der Waals surface area contributed by atoms with Crippen LogP contribution in [0.4, 0.5) is 10.8 Å². The summed E-state index contributed by atoms with van der Waals surface area (Å²) in [4.78, 5) is 14.3. The number of hydrogen-bond acceptors (Lipinski definition) is 7. The first-order chi connectivity index (χ1) is 13.6. The molecule has 3 aromatic rings. The van der Waals surface area contributed by atoms with Gasteiger partial charge in [0.1, 0.15) is 11.0 Å². The summed E-state index contributed by atoms with van der Waals surface area (Å²) in [6.45, 7) is 2.53. The molecule has 8 heteroatoms. The molecule has 1 aromatic heterocycles. The van der Waals surface area contributed by atoms with E-state index in [2.05, 4.69) is 15.5 Å². The predicted molar refractivity (Wildman–Crippen MR) is 115 cm³/mol. The molecule has 0 unspecified atom stereocenters. The minimum Gasteiger partial charge on any atom is -0.492 e. The fraction of sp³-hybridized carbons (Fsp3) is 0.250. The van der Waals surface area contributed by atoms with Crippen molar-refractivity contribution in [3.05, 3.63) is 60.2 Å². The van der Waals surface area contributed by atoms with Crippen molar-refractivity contribution in [2.45, 2.75) is 16.5 Å². The van der Waals surface area contributed by atoms with Gasteiger partial charge in [0, 0.05) is 14.1 Å². The molecule has 146 valence electrons.